The van der Waals surface area contributed by atoms with Crippen molar-refractivity contribution in [2.24, 2.45) is 0 Å². The van der Waals surface area contributed by atoms with Gasteiger partial charge in [0, 0.05) is 29.5 Å². The summed E-state index contributed by atoms with van der Waals surface area (Å²) in [7, 11) is 0. The predicted octanol–water partition coefficient (Wildman–Crippen LogP) is 3.57. The lowest BCUT2D eigenvalue weighted by molar-refractivity contribution is 0.276. The Morgan fingerprint density at radius 3 is 2.85 bits per heavy atom. The number of benzene rings is 1. The van der Waals surface area contributed by atoms with Crippen LogP contribution in [0.15, 0.2) is 48.9 Å². The maximum Gasteiger partial charge on any atom is 0.153 e. The second-order valence-electron chi connectivity index (χ2n) is 4.19. The minimum atomic E-state index is -0.137. The molecular formula is C15H11ClN2O2. The highest BCUT2D eigenvalue weighted by Crippen LogP contribution is 2.33. The second-order valence-corrected chi connectivity index (χ2v) is 4.60. The number of aliphatic hydroxyl groups is 1. The molecule has 0 aliphatic heterocycles. The molecule has 3 rings (SSSR count). The van der Waals surface area contributed by atoms with Gasteiger partial charge in [-0.25, -0.2) is 0 Å². The molecule has 0 saturated heterocycles. The molecule has 2 heterocycles. The molecule has 0 aliphatic rings. The molecule has 0 spiro atoms. The van der Waals surface area contributed by atoms with Gasteiger partial charge in [0.05, 0.1) is 11.6 Å². The molecule has 0 saturated carbocycles. The standard InChI is InChI=1S/C15H11ClN2O2/c16-12-3-4-14(15-11(12)2-1-6-18-15)20-13-5-7-17-8-10(13)9-19/h1-8,19H,9H2. The van der Waals surface area contributed by atoms with Gasteiger partial charge in [0.15, 0.2) is 5.75 Å². The van der Waals surface area contributed by atoms with Gasteiger partial charge in [-0.3, -0.25) is 9.97 Å². The van der Waals surface area contributed by atoms with Crippen LogP contribution in [-0.4, -0.2) is 15.1 Å². The third-order valence-electron chi connectivity index (χ3n) is 2.93. The Morgan fingerprint density at radius 2 is 2.00 bits per heavy atom. The van der Waals surface area contributed by atoms with Crippen LogP contribution in [0, 0.1) is 0 Å². The number of ether oxygens (including phenoxy) is 1. The molecule has 3 aromatic rings. The Labute approximate surface area is 120 Å². The molecule has 5 heteroatoms. The number of rotatable bonds is 3. The fourth-order valence-corrected chi connectivity index (χ4v) is 2.16. The average Bonchev–Trinajstić information content (AvgIpc) is 2.51. The zero-order valence-electron chi connectivity index (χ0n) is 10.5. The van der Waals surface area contributed by atoms with Gasteiger partial charge in [-0.1, -0.05) is 11.6 Å². The molecule has 0 atom stereocenters. The highest BCUT2D eigenvalue weighted by atomic mass is 35.5. The fraction of sp³-hybridized carbons (Fsp3) is 0.0667. The first-order valence-corrected chi connectivity index (χ1v) is 6.42. The van der Waals surface area contributed by atoms with E-state index in [1.165, 1.54) is 0 Å². The number of aliphatic hydroxyl groups excluding tert-OH is 1. The van der Waals surface area contributed by atoms with Crippen LogP contribution in [0.25, 0.3) is 10.9 Å². The lowest BCUT2D eigenvalue weighted by Gasteiger charge is -2.11. The molecule has 20 heavy (non-hydrogen) atoms. The van der Waals surface area contributed by atoms with Gasteiger partial charge in [0.2, 0.25) is 0 Å². The maximum absolute atomic E-state index is 9.30. The molecule has 0 unspecified atom stereocenters. The van der Waals surface area contributed by atoms with Crippen molar-refractivity contribution in [3.8, 4) is 11.5 Å². The quantitative estimate of drug-likeness (QED) is 0.800. The Hall–Kier alpha value is -2.17. The van der Waals surface area contributed by atoms with E-state index < -0.39 is 0 Å². The van der Waals surface area contributed by atoms with Crippen LogP contribution in [-0.2, 0) is 6.61 Å². The van der Waals surface area contributed by atoms with Crippen molar-refractivity contribution in [3.63, 3.8) is 0 Å². The van der Waals surface area contributed by atoms with Gasteiger partial charge < -0.3 is 9.84 Å². The van der Waals surface area contributed by atoms with Crippen molar-refractivity contribution in [1.82, 2.24) is 9.97 Å². The Kier molecular flexibility index (Phi) is 3.50. The predicted molar refractivity (Wildman–Crippen MR) is 77.0 cm³/mol. The van der Waals surface area contributed by atoms with E-state index in [0.29, 0.717) is 27.6 Å². The smallest absolute Gasteiger partial charge is 0.153 e. The Balaban J connectivity index is 2.09. The first kappa shape index (κ1) is 12.8. The minimum absolute atomic E-state index is 0.137. The number of nitrogens with zero attached hydrogens (tertiary/aromatic N) is 2. The summed E-state index contributed by atoms with van der Waals surface area (Å²) >= 11 is 6.14. The largest absolute Gasteiger partial charge is 0.455 e. The van der Waals surface area contributed by atoms with E-state index in [0.717, 1.165) is 5.39 Å². The summed E-state index contributed by atoms with van der Waals surface area (Å²) in [6.45, 7) is -0.137. The van der Waals surface area contributed by atoms with Crippen molar-refractivity contribution in [3.05, 3.63) is 59.5 Å². The van der Waals surface area contributed by atoms with Crippen molar-refractivity contribution in [2.75, 3.05) is 0 Å². The molecule has 1 N–H and O–H groups in total. The van der Waals surface area contributed by atoms with Crippen LogP contribution >= 0.6 is 11.6 Å². The number of hydrogen-bond acceptors (Lipinski definition) is 4. The van der Waals surface area contributed by atoms with E-state index in [1.807, 2.05) is 12.1 Å². The summed E-state index contributed by atoms with van der Waals surface area (Å²) in [4.78, 5) is 8.26. The molecule has 0 aliphatic carbocycles. The number of halogens is 1. The summed E-state index contributed by atoms with van der Waals surface area (Å²) in [5.41, 5.74) is 1.30. The lowest BCUT2D eigenvalue weighted by Crippen LogP contribution is -1.94. The zero-order chi connectivity index (χ0) is 13.9. The number of aromatic nitrogens is 2. The SMILES string of the molecule is OCc1cnccc1Oc1ccc(Cl)c2cccnc12. The van der Waals surface area contributed by atoms with Gasteiger partial charge in [0.25, 0.3) is 0 Å². The topological polar surface area (TPSA) is 55.2 Å². The summed E-state index contributed by atoms with van der Waals surface area (Å²) in [6, 6.07) is 8.94. The van der Waals surface area contributed by atoms with Gasteiger partial charge >= 0.3 is 0 Å². The van der Waals surface area contributed by atoms with E-state index in [1.54, 1.807) is 36.8 Å². The van der Waals surface area contributed by atoms with Gasteiger partial charge in [-0.2, -0.15) is 0 Å². The van der Waals surface area contributed by atoms with E-state index >= 15 is 0 Å². The molecule has 4 nitrogen and oxygen atoms in total. The number of hydrogen-bond donors (Lipinski definition) is 1. The Bertz CT molecular complexity index is 762. The molecule has 0 fully saturated rings. The summed E-state index contributed by atoms with van der Waals surface area (Å²) in [5.74, 6) is 1.14. The van der Waals surface area contributed by atoms with Crippen LogP contribution in [0.2, 0.25) is 5.02 Å². The Morgan fingerprint density at radius 1 is 1.10 bits per heavy atom. The van der Waals surface area contributed by atoms with Crippen LogP contribution < -0.4 is 4.74 Å². The van der Waals surface area contributed by atoms with Crippen molar-refractivity contribution >= 4 is 22.5 Å². The molecule has 0 bridgehead atoms. The third kappa shape index (κ3) is 2.31. The third-order valence-corrected chi connectivity index (χ3v) is 3.26. The van der Waals surface area contributed by atoms with Crippen molar-refractivity contribution < 1.29 is 9.84 Å². The summed E-state index contributed by atoms with van der Waals surface area (Å²) < 4.78 is 5.85. The second kappa shape index (κ2) is 5.45. The summed E-state index contributed by atoms with van der Waals surface area (Å²) in [5, 5.41) is 10.7. The van der Waals surface area contributed by atoms with Crippen LogP contribution in [0.4, 0.5) is 0 Å². The molecular weight excluding hydrogens is 276 g/mol. The molecule has 0 radical (unpaired) electrons. The van der Waals surface area contributed by atoms with E-state index in [9.17, 15) is 5.11 Å². The highest BCUT2D eigenvalue weighted by molar-refractivity contribution is 6.35. The van der Waals surface area contributed by atoms with E-state index in [2.05, 4.69) is 9.97 Å². The number of pyridine rings is 2. The van der Waals surface area contributed by atoms with Crippen molar-refractivity contribution in [1.29, 1.82) is 0 Å². The molecule has 100 valence electrons. The molecule has 2 aromatic heterocycles. The lowest BCUT2D eigenvalue weighted by atomic mass is 10.2. The van der Waals surface area contributed by atoms with Gasteiger partial charge in [-0.05, 0) is 30.3 Å². The fourth-order valence-electron chi connectivity index (χ4n) is 1.95. The normalized spacial score (nSPS) is 10.7. The van der Waals surface area contributed by atoms with Crippen molar-refractivity contribution in [2.45, 2.75) is 6.61 Å². The summed E-state index contributed by atoms with van der Waals surface area (Å²) in [6.07, 6.45) is 4.87. The molecule has 1 aromatic carbocycles. The highest BCUT2D eigenvalue weighted by Gasteiger charge is 2.10. The minimum Gasteiger partial charge on any atom is -0.455 e. The monoisotopic (exact) mass is 286 g/mol. The van der Waals surface area contributed by atoms with Crippen LogP contribution in [0.3, 0.4) is 0 Å². The first-order chi connectivity index (χ1) is 9.79. The average molecular weight is 287 g/mol. The molecule has 0 amide bonds. The van der Waals surface area contributed by atoms with Crippen LogP contribution in [0.5, 0.6) is 11.5 Å². The zero-order valence-corrected chi connectivity index (χ0v) is 11.2. The number of fused-ring (bicyclic) bond motifs is 1. The van der Waals surface area contributed by atoms with Gasteiger partial charge in [0.1, 0.15) is 11.3 Å². The maximum atomic E-state index is 9.30. The first-order valence-electron chi connectivity index (χ1n) is 6.04. The van der Waals surface area contributed by atoms with E-state index in [4.69, 9.17) is 16.3 Å². The van der Waals surface area contributed by atoms with E-state index in [-0.39, 0.29) is 6.61 Å². The van der Waals surface area contributed by atoms with Gasteiger partial charge in [-0.15, -0.1) is 0 Å². The van der Waals surface area contributed by atoms with Crippen LogP contribution in [0.1, 0.15) is 5.56 Å².